The van der Waals surface area contributed by atoms with Crippen molar-refractivity contribution in [2.75, 3.05) is 6.61 Å². The van der Waals surface area contributed by atoms with Gasteiger partial charge in [0, 0.05) is 5.56 Å². The fourth-order valence-corrected chi connectivity index (χ4v) is 3.25. The molecule has 4 nitrogen and oxygen atoms in total. The van der Waals surface area contributed by atoms with E-state index < -0.39 is 0 Å². The van der Waals surface area contributed by atoms with Gasteiger partial charge in [-0.2, -0.15) is 5.10 Å². The summed E-state index contributed by atoms with van der Waals surface area (Å²) >= 11 is 0. The molecule has 0 aliphatic rings. The van der Waals surface area contributed by atoms with E-state index in [2.05, 4.69) is 40.9 Å². The van der Waals surface area contributed by atoms with E-state index >= 15 is 0 Å². The van der Waals surface area contributed by atoms with Gasteiger partial charge in [-0.1, -0.05) is 66.7 Å². The Morgan fingerprint density at radius 2 is 1.54 bits per heavy atom. The normalized spacial score (nSPS) is 11.2. The third-order valence-electron chi connectivity index (χ3n) is 4.65. The summed E-state index contributed by atoms with van der Waals surface area (Å²) in [7, 11) is 0. The smallest absolute Gasteiger partial charge is 0.277 e. The first-order valence-corrected chi connectivity index (χ1v) is 9.13. The first-order valence-electron chi connectivity index (χ1n) is 9.13. The second-order valence-corrected chi connectivity index (χ2v) is 6.58. The molecule has 0 aliphatic carbocycles. The number of ether oxygens (including phenoxy) is 1. The maximum absolute atomic E-state index is 12.1. The maximum Gasteiger partial charge on any atom is 0.277 e. The van der Waals surface area contributed by atoms with Gasteiger partial charge in [0.15, 0.2) is 6.61 Å². The predicted octanol–water partition coefficient (Wildman–Crippen LogP) is 4.83. The summed E-state index contributed by atoms with van der Waals surface area (Å²) in [4.78, 5) is 12.1. The van der Waals surface area contributed by atoms with Crippen molar-refractivity contribution in [1.29, 1.82) is 0 Å². The second kappa shape index (κ2) is 7.92. The number of para-hydroxylation sites is 1. The molecule has 0 spiro atoms. The van der Waals surface area contributed by atoms with Crippen LogP contribution in [-0.2, 0) is 4.79 Å². The number of carbonyl (C=O) groups is 1. The van der Waals surface area contributed by atoms with Crippen LogP contribution in [-0.4, -0.2) is 18.7 Å². The molecule has 138 valence electrons. The summed E-state index contributed by atoms with van der Waals surface area (Å²) in [5, 5.41) is 8.63. The highest BCUT2D eigenvalue weighted by atomic mass is 16.5. The Kier molecular flexibility index (Phi) is 5.02. The van der Waals surface area contributed by atoms with Crippen LogP contribution < -0.4 is 10.2 Å². The molecule has 0 saturated carbocycles. The van der Waals surface area contributed by atoms with Gasteiger partial charge < -0.3 is 4.74 Å². The molecule has 0 aliphatic heterocycles. The Morgan fingerprint density at radius 3 is 2.21 bits per heavy atom. The van der Waals surface area contributed by atoms with E-state index in [0.717, 1.165) is 32.7 Å². The molecular weight excluding hydrogens is 348 g/mol. The zero-order valence-electron chi connectivity index (χ0n) is 15.6. The number of nitrogens with zero attached hydrogens (tertiary/aromatic N) is 1. The average Bonchev–Trinajstić information content (AvgIpc) is 2.72. The van der Waals surface area contributed by atoms with Gasteiger partial charge in [-0.25, -0.2) is 5.43 Å². The average molecular weight is 368 g/mol. The number of aryl methyl sites for hydroxylation is 1. The van der Waals surface area contributed by atoms with Crippen molar-refractivity contribution in [1.82, 2.24) is 5.43 Å². The first-order chi connectivity index (χ1) is 13.7. The van der Waals surface area contributed by atoms with Crippen molar-refractivity contribution in [2.24, 2.45) is 5.10 Å². The summed E-state index contributed by atoms with van der Waals surface area (Å²) in [6.45, 7) is 1.86. The third-order valence-corrected chi connectivity index (χ3v) is 4.65. The Labute approximate surface area is 163 Å². The number of carbonyl (C=O) groups excluding carboxylic acids is 1. The predicted molar refractivity (Wildman–Crippen MR) is 114 cm³/mol. The van der Waals surface area contributed by atoms with Crippen molar-refractivity contribution in [3.8, 4) is 5.75 Å². The number of benzene rings is 4. The highest BCUT2D eigenvalue weighted by Gasteiger charge is 2.06. The molecule has 0 saturated heterocycles. The van der Waals surface area contributed by atoms with Crippen LogP contribution in [0.1, 0.15) is 11.1 Å². The fraction of sp³-hybridized carbons (Fsp3) is 0.0833. The van der Waals surface area contributed by atoms with Gasteiger partial charge in [0.25, 0.3) is 5.91 Å². The van der Waals surface area contributed by atoms with Crippen LogP contribution in [0.25, 0.3) is 21.5 Å². The minimum atomic E-state index is -0.302. The van der Waals surface area contributed by atoms with Crippen LogP contribution in [0.4, 0.5) is 0 Å². The van der Waals surface area contributed by atoms with E-state index in [1.165, 1.54) is 0 Å². The topological polar surface area (TPSA) is 50.7 Å². The number of hydrogen-bond acceptors (Lipinski definition) is 3. The van der Waals surface area contributed by atoms with E-state index in [1.54, 1.807) is 6.21 Å². The van der Waals surface area contributed by atoms with E-state index in [-0.39, 0.29) is 12.5 Å². The lowest BCUT2D eigenvalue weighted by molar-refractivity contribution is -0.123. The molecule has 4 aromatic rings. The molecule has 0 unspecified atom stereocenters. The standard InChI is InChI=1S/C24H20N2O2/c1-17-8-2-7-13-23(17)28-16-24(27)26-25-15-22-20-11-5-3-9-18(20)14-19-10-4-6-12-21(19)22/h2-15H,16H2,1H3,(H,26,27). The molecule has 1 N–H and O–H groups in total. The maximum atomic E-state index is 12.1. The zero-order valence-corrected chi connectivity index (χ0v) is 15.6. The van der Waals surface area contributed by atoms with E-state index in [4.69, 9.17) is 4.74 Å². The van der Waals surface area contributed by atoms with Crippen molar-refractivity contribution in [2.45, 2.75) is 6.92 Å². The van der Waals surface area contributed by atoms with Gasteiger partial charge in [-0.3, -0.25) is 4.79 Å². The molecule has 4 aromatic carbocycles. The first kappa shape index (κ1) is 17.7. The van der Waals surface area contributed by atoms with E-state index in [9.17, 15) is 4.79 Å². The SMILES string of the molecule is Cc1ccccc1OCC(=O)NN=Cc1c2ccccc2cc2ccccc12. The Hall–Kier alpha value is -3.66. The van der Waals surface area contributed by atoms with Gasteiger partial charge in [-0.05, 0) is 46.2 Å². The van der Waals surface area contributed by atoms with Gasteiger partial charge in [0.2, 0.25) is 0 Å². The lowest BCUT2D eigenvalue weighted by Crippen LogP contribution is -2.24. The monoisotopic (exact) mass is 368 g/mol. The van der Waals surface area contributed by atoms with Crippen LogP contribution in [0.15, 0.2) is 84.0 Å². The molecule has 1 amide bonds. The molecule has 0 heterocycles. The zero-order chi connectivity index (χ0) is 19.3. The molecule has 4 rings (SSSR count). The molecule has 28 heavy (non-hydrogen) atoms. The number of fused-ring (bicyclic) bond motifs is 2. The van der Waals surface area contributed by atoms with Crippen molar-refractivity contribution >= 4 is 33.7 Å². The summed E-state index contributed by atoms with van der Waals surface area (Å²) in [6.07, 6.45) is 1.70. The Bertz CT molecular complexity index is 1130. The molecule has 0 aromatic heterocycles. The lowest BCUT2D eigenvalue weighted by atomic mass is 9.97. The minimum absolute atomic E-state index is 0.0848. The van der Waals surface area contributed by atoms with Crippen molar-refractivity contribution < 1.29 is 9.53 Å². The Balaban J connectivity index is 1.53. The number of amides is 1. The molecular formula is C24H20N2O2. The highest BCUT2D eigenvalue weighted by molar-refractivity contribution is 6.13. The summed E-state index contributed by atoms with van der Waals surface area (Å²) < 4.78 is 5.56. The van der Waals surface area contributed by atoms with Crippen LogP contribution >= 0.6 is 0 Å². The largest absolute Gasteiger partial charge is 0.483 e. The highest BCUT2D eigenvalue weighted by Crippen LogP contribution is 2.27. The van der Waals surface area contributed by atoms with Gasteiger partial charge in [-0.15, -0.1) is 0 Å². The van der Waals surface area contributed by atoms with Crippen LogP contribution in [0.3, 0.4) is 0 Å². The summed E-state index contributed by atoms with van der Waals surface area (Å²) in [6, 6.07) is 26.1. The summed E-state index contributed by atoms with van der Waals surface area (Å²) in [5.74, 6) is 0.394. The fourth-order valence-electron chi connectivity index (χ4n) is 3.25. The summed E-state index contributed by atoms with van der Waals surface area (Å²) in [5.41, 5.74) is 4.52. The van der Waals surface area contributed by atoms with Gasteiger partial charge in [0.1, 0.15) is 5.75 Å². The molecule has 0 bridgehead atoms. The minimum Gasteiger partial charge on any atom is -0.483 e. The number of rotatable bonds is 5. The van der Waals surface area contributed by atoms with Gasteiger partial charge in [0.05, 0.1) is 6.21 Å². The Morgan fingerprint density at radius 1 is 0.929 bits per heavy atom. The van der Waals surface area contributed by atoms with Gasteiger partial charge >= 0.3 is 0 Å². The third kappa shape index (κ3) is 3.71. The van der Waals surface area contributed by atoms with E-state index in [0.29, 0.717) is 5.75 Å². The quantitative estimate of drug-likeness (QED) is 0.312. The number of nitrogens with one attached hydrogen (secondary N) is 1. The molecule has 0 radical (unpaired) electrons. The molecule has 4 heteroatoms. The number of hydrazone groups is 1. The van der Waals surface area contributed by atoms with Crippen molar-refractivity contribution in [3.05, 3.63) is 90.0 Å². The second-order valence-electron chi connectivity index (χ2n) is 6.58. The molecule has 0 atom stereocenters. The van der Waals surface area contributed by atoms with Crippen LogP contribution in [0.2, 0.25) is 0 Å². The van der Waals surface area contributed by atoms with Crippen molar-refractivity contribution in [3.63, 3.8) is 0 Å². The van der Waals surface area contributed by atoms with Crippen LogP contribution in [0.5, 0.6) is 5.75 Å². The number of hydrogen-bond donors (Lipinski definition) is 1. The van der Waals surface area contributed by atoms with Crippen LogP contribution in [0, 0.1) is 6.92 Å². The van der Waals surface area contributed by atoms with E-state index in [1.807, 2.05) is 55.5 Å². The molecule has 0 fully saturated rings. The lowest BCUT2D eigenvalue weighted by Gasteiger charge is -2.09.